The first kappa shape index (κ1) is 13.9. The molecule has 0 unspecified atom stereocenters. The SMILES string of the molecule is CCOc1ccc(OCc2cccc(C#N)c2F)cc1. The Morgan fingerprint density at radius 1 is 1.05 bits per heavy atom. The molecule has 102 valence electrons. The monoisotopic (exact) mass is 271 g/mol. The van der Waals surface area contributed by atoms with Crippen LogP contribution >= 0.6 is 0 Å². The van der Waals surface area contributed by atoms with E-state index >= 15 is 0 Å². The van der Waals surface area contributed by atoms with Crippen LogP contribution in [0.1, 0.15) is 18.1 Å². The number of nitrogens with zero attached hydrogens (tertiary/aromatic N) is 1. The maximum absolute atomic E-state index is 13.8. The average Bonchev–Trinajstić information content (AvgIpc) is 2.48. The minimum Gasteiger partial charge on any atom is -0.494 e. The Morgan fingerprint density at radius 2 is 1.70 bits per heavy atom. The fourth-order valence-corrected chi connectivity index (χ4v) is 1.74. The quantitative estimate of drug-likeness (QED) is 0.833. The van der Waals surface area contributed by atoms with Gasteiger partial charge in [-0.05, 0) is 37.3 Å². The third kappa shape index (κ3) is 3.27. The van der Waals surface area contributed by atoms with Crippen LogP contribution in [-0.4, -0.2) is 6.61 Å². The van der Waals surface area contributed by atoms with Crippen LogP contribution in [0.3, 0.4) is 0 Å². The van der Waals surface area contributed by atoms with Crippen LogP contribution in [-0.2, 0) is 6.61 Å². The molecule has 0 aromatic heterocycles. The Morgan fingerprint density at radius 3 is 2.30 bits per heavy atom. The lowest BCUT2D eigenvalue weighted by Crippen LogP contribution is -2.00. The van der Waals surface area contributed by atoms with Gasteiger partial charge in [0.25, 0.3) is 0 Å². The maximum atomic E-state index is 13.8. The zero-order valence-electron chi connectivity index (χ0n) is 11.1. The molecule has 0 saturated carbocycles. The van der Waals surface area contributed by atoms with Gasteiger partial charge in [-0.25, -0.2) is 4.39 Å². The molecule has 0 atom stereocenters. The van der Waals surface area contributed by atoms with Crippen molar-refractivity contribution in [3.8, 4) is 17.6 Å². The molecule has 0 bridgehead atoms. The number of hydrogen-bond acceptors (Lipinski definition) is 3. The zero-order valence-corrected chi connectivity index (χ0v) is 11.1. The largest absolute Gasteiger partial charge is 0.494 e. The highest BCUT2D eigenvalue weighted by molar-refractivity contribution is 5.35. The van der Waals surface area contributed by atoms with Crippen molar-refractivity contribution in [2.24, 2.45) is 0 Å². The summed E-state index contributed by atoms with van der Waals surface area (Å²) in [5.41, 5.74) is 0.385. The van der Waals surface area contributed by atoms with Crippen molar-refractivity contribution in [3.05, 3.63) is 59.4 Å². The van der Waals surface area contributed by atoms with Crippen molar-refractivity contribution >= 4 is 0 Å². The number of benzene rings is 2. The van der Waals surface area contributed by atoms with Gasteiger partial charge in [0.1, 0.15) is 30.0 Å². The molecule has 0 amide bonds. The molecule has 0 aliphatic carbocycles. The summed E-state index contributed by atoms with van der Waals surface area (Å²) >= 11 is 0. The molecule has 4 heteroatoms. The zero-order chi connectivity index (χ0) is 14.4. The van der Waals surface area contributed by atoms with Crippen LogP contribution in [0.15, 0.2) is 42.5 Å². The van der Waals surface area contributed by atoms with E-state index in [1.54, 1.807) is 36.4 Å². The van der Waals surface area contributed by atoms with E-state index in [0.29, 0.717) is 17.9 Å². The summed E-state index contributed by atoms with van der Waals surface area (Å²) in [6, 6.07) is 13.6. The number of rotatable bonds is 5. The van der Waals surface area contributed by atoms with Crippen molar-refractivity contribution in [2.75, 3.05) is 6.61 Å². The molecule has 2 aromatic carbocycles. The lowest BCUT2D eigenvalue weighted by atomic mass is 10.1. The first-order chi connectivity index (χ1) is 9.74. The molecular weight excluding hydrogens is 257 g/mol. The number of hydrogen-bond donors (Lipinski definition) is 0. The number of halogens is 1. The predicted octanol–water partition coefficient (Wildman–Crippen LogP) is 3.68. The van der Waals surface area contributed by atoms with Crippen LogP contribution < -0.4 is 9.47 Å². The van der Waals surface area contributed by atoms with Crippen LogP contribution in [0.2, 0.25) is 0 Å². The van der Waals surface area contributed by atoms with Crippen LogP contribution in [0.5, 0.6) is 11.5 Å². The van der Waals surface area contributed by atoms with Crippen molar-refractivity contribution in [3.63, 3.8) is 0 Å². The second-order valence-electron chi connectivity index (χ2n) is 4.08. The highest BCUT2D eigenvalue weighted by atomic mass is 19.1. The fraction of sp³-hybridized carbons (Fsp3) is 0.188. The first-order valence-electron chi connectivity index (χ1n) is 6.27. The molecule has 0 fully saturated rings. The molecule has 0 aliphatic heterocycles. The molecule has 2 rings (SSSR count). The summed E-state index contributed by atoms with van der Waals surface area (Å²) in [5.74, 6) is 0.855. The van der Waals surface area contributed by atoms with Gasteiger partial charge in [0, 0.05) is 5.56 Å². The molecule has 0 N–H and O–H groups in total. The molecule has 0 heterocycles. The van der Waals surface area contributed by atoms with Crippen molar-refractivity contribution in [2.45, 2.75) is 13.5 Å². The van der Waals surface area contributed by atoms with E-state index < -0.39 is 5.82 Å². The third-order valence-electron chi connectivity index (χ3n) is 2.73. The Balaban J connectivity index is 2.04. The molecule has 20 heavy (non-hydrogen) atoms. The third-order valence-corrected chi connectivity index (χ3v) is 2.73. The van der Waals surface area contributed by atoms with Gasteiger partial charge in [-0.2, -0.15) is 5.26 Å². The van der Waals surface area contributed by atoms with Gasteiger partial charge in [0.15, 0.2) is 0 Å². The van der Waals surface area contributed by atoms with Crippen LogP contribution in [0.4, 0.5) is 4.39 Å². The van der Waals surface area contributed by atoms with E-state index in [1.165, 1.54) is 6.07 Å². The lowest BCUT2D eigenvalue weighted by Gasteiger charge is -2.09. The van der Waals surface area contributed by atoms with Gasteiger partial charge in [0.05, 0.1) is 12.2 Å². The van der Waals surface area contributed by atoms with E-state index in [-0.39, 0.29) is 12.2 Å². The van der Waals surface area contributed by atoms with Gasteiger partial charge in [0.2, 0.25) is 0 Å². The van der Waals surface area contributed by atoms with Crippen molar-refractivity contribution in [1.29, 1.82) is 5.26 Å². The van der Waals surface area contributed by atoms with Crippen LogP contribution in [0, 0.1) is 17.1 Å². The summed E-state index contributed by atoms with van der Waals surface area (Å²) in [6.07, 6.45) is 0. The first-order valence-corrected chi connectivity index (χ1v) is 6.27. The summed E-state index contributed by atoms with van der Waals surface area (Å²) in [7, 11) is 0. The van der Waals surface area contributed by atoms with Crippen molar-refractivity contribution < 1.29 is 13.9 Å². The van der Waals surface area contributed by atoms with E-state index in [1.807, 2.05) is 13.0 Å². The Labute approximate surface area is 117 Å². The fourth-order valence-electron chi connectivity index (χ4n) is 1.74. The summed E-state index contributed by atoms with van der Waals surface area (Å²) in [6.45, 7) is 2.59. The van der Waals surface area contributed by atoms with Gasteiger partial charge >= 0.3 is 0 Å². The van der Waals surface area contributed by atoms with E-state index in [0.717, 1.165) is 5.75 Å². The van der Waals surface area contributed by atoms with Gasteiger partial charge in [-0.1, -0.05) is 12.1 Å². The van der Waals surface area contributed by atoms with Gasteiger partial charge in [-0.15, -0.1) is 0 Å². The average molecular weight is 271 g/mol. The predicted molar refractivity (Wildman–Crippen MR) is 73.1 cm³/mol. The maximum Gasteiger partial charge on any atom is 0.147 e. The Bertz CT molecular complexity index is 617. The minimum atomic E-state index is -0.527. The normalized spacial score (nSPS) is 9.85. The summed E-state index contributed by atoms with van der Waals surface area (Å²) < 4.78 is 24.6. The van der Waals surface area contributed by atoms with Gasteiger partial charge in [-0.3, -0.25) is 0 Å². The molecule has 0 aliphatic rings. The standard InChI is InChI=1S/C16H14FNO2/c1-2-19-14-6-8-15(9-7-14)20-11-13-5-3-4-12(10-18)16(13)17/h3-9H,2,11H2,1H3. The molecule has 0 radical (unpaired) electrons. The smallest absolute Gasteiger partial charge is 0.147 e. The molecule has 0 saturated heterocycles. The molecular formula is C16H14FNO2. The summed E-state index contributed by atoms with van der Waals surface area (Å²) in [5, 5.41) is 8.76. The van der Waals surface area contributed by atoms with Crippen molar-refractivity contribution in [1.82, 2.24) is 0 Å². The highest BCUT2D eigenvalue weighted by Gasteiger charge is 2.08. The second kappa shape index (κ2) is 6.58. The van der Waals surface area contributed by atoms with E-state index in [4.69, 9.17) is 14.7 Å². The number of nitriles is 1. The Kier molecular flexibility index (Phi) is 4.56. The van der Waals surface area contributed by atoms with Crippen LogP contribution in [0.25, 0.3) is 0 Å². The van der Waals surface area contributed by atoms with E-state index in [9.17, 15) is 4.39 Å². The topological polar surface area (TPSA) is 42.2 Å². The minimum absolute atomic E-state index is 0.0257. The number of ether oxygens (including phenoxy) is 2. The second-order valence-corrected chi connectivity index (χ2v) is 4.08. The molecule has 3 nitrogen and oxygen atoms in total. The molecule has 0 spiro atoms. The highest BCUT2D eigenvalue weighted by Crippen LogP contribution is 2.20. The lowest BCUT2D eigenvalue weighted by molar-refractivity contribution is 0.298. The summed E-state index contributed by atoms with van der Waals surface area (Å²) in [4.78, 5) is 0. The molecule has 2 aromatic rings. The van der Waals surface area contributed by atoms with E-state index in [2.05, 4.69) is 0 Å². The Hall–Kier alpha value is -2.54. The van der Waals surface area contributed by atoms with Gasteiger partial charge < -0.3 is 9.47 Å².